The molecule has 1 heterocycles. The third-order valence-corrected chi connectivity index (χ3v) is 3.31. The number of fused-ring (bicyclic) bond motifs is 1. The summed E-state index contributed by atoms with van der Waals surface area (Å²) in [4.78, 5) is 4.20. The molecule has 2 aromatic carbocycles. The van der Waals surface area contributed by atoms with E-state index in [0.29, 0.717) is 17.6 Å². The van der Waals surface area contributed by atoms with Crippen molar-refractivity contribution in [1.29, 1.82) is 0 Å². The van der Waals surface area contributed by atoms with Crippen molar-refractivity contribution >= 4 is 17.0 Å². The lowest BCUT2D eigenvalue weighted by Gasteiger charge is -2.13. The van der Waals surface area contributed by atoms with Gasteiger partial charge < -0.3 is 10.5 Å². The van der Waals surface area contributed by atoms with E-state index in [9.17, 15) is 0 Å². The Bertz CT molecular complexity index is 801. The molecular weight excluding hydrogens is 264 g/mol. The molecule has 3 rings (SSSR count). The number of ether oxygens (including phenoxy) is 1. The SMILES string of the molecule is CCOc1cc2nc(N)nnc2cc1-c1ccccc1C. The third-order valence-electron chi connectivity index (χ3n) is 3.31. The van der Waals surface area contributed by atoms with Gasteiger partial charge >= 0.3 is 0 Å². The highest BCUT2D eigenvalue weighted by Crippen LogP contribution is 2.34. The van der Waals surface area contributed by atoms with Gasteiger partial charge in [0.25, 0.3) is 0 Å². The van der Waals surface area contributed by atoms with Crippen molar-refractivity contribution in [2.45, 2.75) is 13.8 Å². The molecule has 0 aliphatic rings. The average Bonchev–Trinajstić information content (AvgIpc) is 2.48. The third kappa shape index (κ3) is 2.50. The Balaban J connectivity index is 2.27. The standard InChI is InChI=1S/C16H16N4O/c1-3-21-15-9-13-14(19-20-16(17)18-13)8-12(15)11-7-5-4-6-10(11)2/h4-9H,3H2,1-2H3,(H2,17,18,20). The number of rotatable bonds is 3. The maximum Gasteiger partial charge on any atom is 0.240 e. The van der Waals surface area contributed by atoms with Crippen LogP contribution in [-0.4, -0.2) is 21.8 Å². The first-order valence-electron chi connectivity index (χ1n) is 6.82. The van der Waals surface area contributed by atoms with Crippen LogP contribution in [-0.2, 0) is 0 Å². The van der Waals surface area contributed by atoms with Gasteiger partial charge in [-0.05, 0) is 31.0 Å². The lowest BCUT2D eigenvalue weighted by atomic mass is 9.99. The molecule has 0 spiro atoms. The normalized spacial score (nSPS) is 10.8. The first-order chi connectivity index (χ1) is 10.2. The molecule has 0 saturated carbocycles. The van der Waals surface area contributed by atoms with Gasteiger partial charge in [-0.25, -0.2) is 4.98 Å². The summed E-state index contributed by atoms with van der Waals surface area (Å²) in [5.74, 6) is 0.938. The molecule has 0 fully saturated rings. The van der Waals surface area contributed by atoms with E-state index in [4.69, 9.17) is 10.5 Å². The molecule has 106 valence electrons. The number of nitrogen functional groups attached to an aromatic ring is 1. The van der Waals surface area contributed by atoms with E-state index in [1.807, 2.05) is 31.2 Å². The number of anilines is 1. The molecule has 0 aliphatic heterocycles. The van der Waals surface area contributed by atoms with Crippen LogP contribution < -0.4 is 10.5 Å². The lowest BCUT2D eigenvalue weighted by molar-refractivity contribution is 0.342. The van der Waals surface area contributed by atoms with Gasteiger partial charge in [0, 0.05) is 11.6 Å². The van der Waals surface area contributed by atoms with Crippen LogP contribution in [0.4, 0.5) is 5.95 Å². The Hall–Kier alpha value is -2.69. The fourth-order valence-corrected chi connectivity index (χ4v) is 2.34. The minimum atomic E-state index is 0.161. The van der Waals surface area contributed by atoms with Crippen LogP contribution in [0.15, 0.2) is 36.4 Å². The first-order valence-corrected chi connectivity index (χ1v) is 6.82. The molecule has 0 saturated heterocycles. The Morgan fingerprint density at radius 1 is 1.05 bits per heavy atom. The van der Waals surface area contributed by atoms with E-state index in [0.717, 1.165) is 16.9 Å². The highest BCUT2D eigenvalue weighted by atomic mass is 16.5. The molecular formula is C16H16N4O. The van der Waals surface area contributed by atoms with Crippen LogP contribution >= 0.6 is 0 Å². The maximum absolute atomic E-state index is 5.77. The van der Waals surface area contributed by atoms with E-state index >= 15 is 0 Å². The molecule has 2 N–H and O–H groups in total. The second-order valence-electron chi connectivity index (χ2n) is 4.76. The molecule has 5 nitrogen and oxygen atoms in total. The second-order valence-corrected chi connectivity index (χ2v) is 4.76. The molecule has 3 aromatic rings. The summed E-state index contributed by atoms with van der Waals surface area (Å²) >= 11 is 0. The summed E-state index contributed by atoms with van der Waals surface area (Å²) in [5, 5.41) is 7.92. The van der Waals surface area contributed by atoms with Gasteiger partial charge in [0.2, 0.25) is 5.95 Å². The van der Waals surface area contributed by atoms with E-state index in [1.165, 1.54) is 5.56 Å². The zero-order valence-corrected chi connectivity index (χ0v) is 12.0. The largest absolute Gasteiger partial charge is 0.493 e. The van der Waals surface area contributed by atoms with Gasteiger partial charge in [-0.3, -0.25) is 0 Å². The van der Waals surface area contributed by atoms with Crippen LogP contribution in [0.25, 0.3) is 22.2 Å². The van der Waals surface area contributed by atoms with Gasteiger partial charge in [0.05, 0.1) is 12.1 Å². The predicted octanol–water partition coefficient (Wildman–Crippen LogP) is 2.98. The minimum Gasteiger partial charge on any atom is -0.493 e. The molecule has 0 radical (unpaired) electrons. The summed E-state index contributed by atoms with van der Waals surface area (Å²) in [6.07, 6.45) is 0. The van der Waals surface area contributed by atoms with E-state index in [1.54, 1.807) is 0 Å². The highest BCUT2D eigenvalue weighted by Gasteiger charge is 2.12. The van der Waals surface area contributed by atoms with Gasteiger partial charge in [-0.15, -0.1) is 10.2 Å². The minimum absolute atomic E-state index is 0.161. The van der Waals surface area contributed by atoms with E-state index in [-0.39, 0.29) is 5.95 Å². The van der Waals surface area contributed by atoms with Gasteiger partial charge in [0.15, 0.2) is 0 Å². The summed E-state index contributed by atoms with van der Waals surface area (Å²) in [6.45, 7) is 4.61. The first kappa shape index (κ1) is 13.3. The molecule has 0 unspecified atom stereocenters. The van der Waals surface area contributed by atoms with Crippen molar-refractivity contribution in [3.63, 3.8) is 0 Å². The van der Waals surface area contributed by atoms with Crippen molar-refractivity contribution in [2.24, 2.45) is 0 Å². The molecule has 5 heteroatoms. The van der Waals surface area contributed by atoms with Crippen LogP contribution in [0.2, 0.25) is 0 Å². The number of benzene rings is 2. The lowest BCUT2D eigenvalue weighted by Crippen LogP contribution is -2.00. The second kappa shape index (κ2) is 5.36. The van der Waals surface area contributed by atoms with Crippen LogP contribution in [0, 0.1) is 6.92 Å². The zero-order valence-electron chi connectivity index (χ0n) is 12.0. The fraction of sp³-hybridized carbons (Fsp3) is 0.188. The number of nitrogens with zero attached hydrogens (tertiary/aromatic N) is 3. The molecule has 0 atom stereocenters. The molecule has 21 heavy (non-hydrogen) atoms. The van der Waals surface area contributed by atoms with Gasteiger partial charge in [0.1, 0.15) is 11.3 Å². The number of hydrogen-bond donors (Lipinski definition) is 1. The van der Waals surface area contributed by atoms with Crippen molar-refractivity contribution in [3.8, 4) is 16.9 Å². The smallest absolute Gasteiger partial charge is 0.240 e. The Labute approximate surface area is 122 Å². The summed E-state index contributed by atoms with van der Waals surface area (Å²) in [5.41, 5.74) is 10.3. The van der Waals surface area contributed by atoms with Crippen LogP contribution in [0.3, 0.4) is 0 Å². The predicted molar refractivity (Wildman–Crippen MR) is 83.1 cm³/mol. The quantitative estimate of drug-likeness (QED) is 0.798. The maximum atomic E-state index is 5.77. The molecule has 1 aromatic heterocycles. The monoisotopic (exact) mass is 280 g/mol. The number of aryl methyl sites for hydroxylation is 1. The van der Waals surface area contributed by atoms with Crippen molar-refractivity contribution < 1.29 is 4.74 Å². The summed E-state index contributed by atoms with van der Waals surface area (Å²) in [6, 6.07) is 12.0. The number of hydrogen-bond acceptors (Lipinski definition) is 5. The summed E-state index contributed by atoms with van der Waals surface area (Å²) in [7, 11) is 0. The van der Waals surface area contributed by atoms with Crippen LogP contribution in [0.1, 0.15) is 12.5 Å². The van der Waals surface area contributed by atoms with Crippen molar-refractivity contribution in [1.82, 2.24) is 15.2 Å². The zero-order chi connectivity index (χ0) is 14.8. The van der Waals surface area contributed by atoms with Crippen molar-refractivity contribution in [3.05, 3.63) is 42.0 Å². The van der Waals surface area contributed by atoms with E-state index < -0.39 is 0 Å². The molecule has 0 amide bonds. The molecule has 0 aliphatic carbocycles. The Morgan fingerprint density at radius 3 is 2.62 bits per heavy atom. The Morgan fingerprint density at radius 2 is 1.86 bits per heavy atom. The topological polar surface area (TPSA) is 73.9 Å². The van der Waals surface area contributed by atoms with Gasteiger partial charge in [-0.2, -0.15) is 0 Å². The van der Waals surface area contributed by atoms with Crippen molar-refractivity contribution in [2.75, 3.05) is 12.3 Å². The van der Waals surface area contributed by atoms with Gasteiger partial charge in [-0.1, -0.05) is 24.3 Å². The highest BCUT2D eigenvalue weighted by molar-refractivity contribution is 5.86. The fourth-order valence-electron chi connectivity index (χ4n) is 2.34. The van der Waals surface area contributed by atoms with Crippen LogP contribution in [0.5, 0.6) is 5.75 Å². The van der Waals surface area contributed by atoms with E-state index in [2.05, 4.69) is 34.2 Å². The number of aromatic nitrogens is 3. The average molecular weight is 280 g/mol. The number of nitrogens with two attached hydrogens (primary N) is 1. The summed E-state index contributed by atoms with van der Waals surface area (Å²) < 4.78 is 5.77. The molecule has 0 bridgehead atoms. The Kier molecular flexibility index (Phi) is 3.39.